The molecule has 0 aliphatic rings. The van der Waals surface area contributed by atoms with Gasteiger partial charge < -0.3 is 23.1 Å². The topological polar surface area (TPSA) is 93.1 Å². The summed E-state index contributed by atoms with van der Waals surface area (Å²) in [7, 11) is -3.41. The first-order chi connectivity index (χ1) is 14.4. The first kappa shape index (κ1) is 25.6. The summed E-state index contributed by atoms with van der Waals surface area (Å²) in [6, 6.07) is 3.41. The van der Waals surface area contributed by atoms with E-state index in [9.17, 15) is 14.2 Å². The number of fused-ring (bicyclic) bond motifs is 1. The SMILES string of the molecule is CCOP(=O)(COc1cc2c(cc1Br)c(C(C)=O)cn2CC(=O)OC(C)(C)C)OCC. The smallest absolute Gasteiger partial charge is 0.367 e. The normalized spacial score (nSPS) is 12.2. The molecule has 2 aromatic rings. The van der Waals surface area contributed by atoms with Crippen LogP contribution in [0.4, 0.5) is 0 Å². The van der Waals surface area contributed by atoms with Crippen molar-refractivity contribution in [3.63, 3.8) is 0 Å². The summed E-state index contributed by atoms with van der Waals surface area (Å²) in [4.78, 5) is 24.5. The van der Waals surface area contributed by atoms with Gasteiger partial charge in [-0.25, -0.2) is 0 Å². The molecule has 0 amide bonds. The van der Waals surface area contributed by atoms with Crippen molar-refractivity contribution >= 4 is 46.2 Å². The van der Waals surface area contributed by atoms with E-state index >= 15 is 0 Å². The van der Waals surface area contributed by atoms with Crippen LogP contribution in [0.5, 0.6) is 5.75 Å². The Bertz CT molecular complexity index is 999. The number of esters is 1. The number of nitrogens with zero attached hydrogens (tertiary/aromatic N) is 1. The number of ketones is 1. The van der Waals surface area contributed by atoms with Gasteiger partial charge in [-0.2, -0.15) is 0 Å². The van der Waals surface area contributed by atoms with Gasteiger partial charge in [-0.15, -0.1) is 0 Å². The van der Waals surface area contributed by atoms with Crippen LogP contribution in [0, 0.1) is 0 Å². The molecule has 0 spiro atoms. The third kappa shape index (κ3) is 6.91. The first-order valence-corrected chi connectivity index (χ1v) is 12.5. The van der Waals surface area contributed by atoms with Gasteiger partial charge in [0.05, 0.1) is 23.2 Å². The second kappa shape index (κ2) is 10.3. The summed E-state index contributed by atoms with van der Waals surface area (Å²) in [5, 5.41) is 0.660. The van der Waals surface area contributed by atoms with E-state index in [0.717, 1.165) is 0 Å². The highest BCUT2D eigenvalue weighted by molar-refractivity contribution is 9.10. The number of hydrogen-bond donors (Lipinski definition) is 0. The predicted molar refractivity (Wildman–Crippen MR) is 122 cm³/mol. The molecule has 8 nitrogen and oxygen atoms in total. The molecule has 0 aliphatic carbocycles. The molecule has 1 aromatic heterocycles. The monoisotopic (exact) mass is 517 g/mol. The molecule has 0 saturated carbocycles. The first-order valence-electron chi connectivity index (χ1n) is 9.95. The molecule has 0 unspecified atom stereocenters. The molecule has 0 saturated heterocycles. The number of rotatable bonds is 10. The summed E-state index contributed by atoms with van der Waals surface area (Å²) >= 11 is 3.44. The van der Waals surface area contributed by atoms with Crippen molar-refractivity contribution in [3.8, 4) is 5.75 Å². The number of benzene rings is 1. The number of carbonyl (C=O) groups excluding carboxylic acids is 2. The van der Waals surface area contributed by atoms with E-state index in [2.05, 4.69) is 15.9 Å². The fourth-order valence-corrected chi connectivity index (χ4v) is 4.75. The lowest BCUT2D eigenvalue weighted by atomic mass is 10.1. The van der Waals surface area contributed by atoms with Gasteiger partial charge in [0.2, 0.25) is 0 Å². The third-order valence-electron chi connectivity index (χ3n) is 4.06. The van der Waals surface area contributed by atoms with Crippen molar-refractivity contribution < 1.29 is 32.7 Å². The molecule has 0 fully saturated rings. The van der Waals surface area contributed by atoms with Crippen LogP contribution in [0.15, 0.2) is 22.8 Å². The maximum Gasteiger partial charge on any atom is 0.367 e. The zero-order valence-corrected chi connectivity index (χ0v) is 21.2. The van der Waals surface area contributed by atoms with Crippen LogP contribution in [0.1, 0.15) is 51.9 Å². The van der Waals surface area contributed by atoms with Crippen molar-refractivity contribution in [2.45, 2.75) is 53.7 Å². The van der Waals surface area contributed by atoms with Crippen molar-refractivity contribution in [3.05, 3.63) is 28.4 Å². The van der Waals surface area contributed by atoms with E-state index in [4.69, 9.17) is 18.5 Å². The Morgan fingerprint density at radius 3 is 2.26 bits per heavy atom. The Labute approximate surface area is 190 Å². The van der Waals surface area contributed by atoms with Gasteiger partial charge in [-0.3, -0.25) is 14.2 Å². The highest BCUT2D eigenvalue weighted by Crippen LogP contribution is 2.48. The zero-order chi connectivity index (χ0) is 23.4. The van der Waals surface area contributed by atoms with Crippen LogP contribution in [0.25, 0.3) is 10.9 Å². The van der Waals surface area contributed by atoms with E-state index in [0.29, 0.717) is 26.7 Å². The standard InChI is InChI=1S/C21H29BrNO7P/c1-7-28-31(26,29-8-2)13-27-19-10-18-15(9-17(19)22)16(14(3)24)11-23(18)12-20(25)30-21(4,5)6/h9-11H,7-8,12-13H2,1-6H3. The summed E-state index contributed by atoms with van der Waals surface area (Å²) in [5.41, 5.74) is 0.456. The molecule has 1 aromatic carbocycles. The fourth-order valence-electron chi connectivity index (χ4n) is 2.98. The minimum Gasteiger partial charge on any atom is -0.480 e. The summed E-state index contributed by atoms with van der Waals surface area (Å²) in [5.74, 6) is -0.182. The van der Waals surface area contributed by atoms with Gasteiger partial charge in [0.25, 0.3) is 0 Å². The van der Waals surface area contributed by atoms with Gasteiger partial charge >= 0.3 is 13.6 Å². The molecule has 31 heavy (non-hydrogen) atoms. The lowest BCUT2D eigenvalue weighted by Gasteiger charge is -2.20. The molecule has 172 valence electrons. The molecule has 0 bridgehead atoms. The van der Waals surface area contributed by atoms with E-state index in [1.54, 1.807) is 57.5 Å². The largest absolute Gasteiger partial charge is 0.480 e. The van der Waals surface area contributed by atoms with E-state index < -0.39 is 19.2 Å². The van der Waals surface area contributed by atoms with Crippen molar-refractivity contribution in [2.24, 2.45) is 0 Å². The summed E-state index contributed by atoms with van der Waals surface area (Å²) in [6.45, 7) is 10.7. The van der Waals surface area contributed by atoms with Crippen LogP contribution in [-0.4, -0.2) is 41.5 Å². The summed E-state index contributed by atoms with van der Waals surface area (Å²) in [6.07, 6.45) is 1.35. The van der Waals surface area contributed by atoms with E-state index in [1.807, 2.05) is 0 Å². The molecule has 0 atom stereocenters. The predicted octanol–water partition coefficient (Wildman–Crippen LogP) is 5.55. The number of halogens is 1. The Kier molecular flexibility index (Phi) is 8.50. The van der Waals surface area contributed by atoms with Crippen LogP contribution in [-0.2, 0) is 29.7 Å². The van der Waals surface area contributed by atoms with E-state index in [-0.39, 0.29) is 31.9 Å². The minimum absolute atomic E-state index is 0.0709. The van der Waals surface area contributed by atoms with Gasteiger partial charge in [0.15, 0.2) is 12.1 Å². The Morgan fingerprint density at radius 2 is 1.74 bits per heavy atom. The third-order valence-corrected chi connectivity index (χ3v) is 6.43. The lowest BCUT2D eigenvalue weighted by Crippen LogP contribution is -2.26. The molecule has 0 aliphatic heterocycles. The highest BCUT2D eigenvalue weighted by atomic mass is 79.9. The Hall–Kier alpha value is -1.67. The maximum absolute atomic E-state index is 12.7. The van der Waals surface area contributed by atoms with Gasteiger partial charge in [-0.1, -0.05) is 0 Å². The maximum atomic E-state index is 12.7. The van der Waals surface area contributed by atoms with Gasteiger partial charge in [0.1, 0.15) is 17.9 Å². The summed E-state index contributed by atoms with van der Waals surface area (Å²) < 4.78 is 36.6. The van der Waals surface area contributed by atoms with Crippen LogP contribution in [0.2, 0.25) is 0 Å². The molecule has 0 N–H and O–H groups in total. The van der Waals surface area contributed by atoms with Crippen LogP contribution >= 0.6 is 23.5 Å². The molecular weight excluding hydrogens is 489 g/mol. The average molecular weight is 518 g/mol. The number of hydrogen-bond acceptors (Lipinski definition) is 7. The Morgan fingerprint density at radius 1 is 1.13 bits per heavy atom. The van der Waals surface area contributed by atoms with Crippen LogP contribution in [0.3, 0.4) is 0 Å². The van der Waals surface area contributed by atoms with Gasteiger partial charge in [0, 0.05) is 23.2 Å². The molecule has 10 heteroatoms. The molecular formula is C21H29BrNO7P. The molecule has 2 rings (SSSR count). The fraction of sp³-hybridized carbons (Fsp3) is 0.524. The number of aromatic nitrogens is 1. The second-order valence-electron chi connectivity index (χ2n) is 7.83. The quantitative estimate of drug-likeness (QED) is 0.231. The Balaban J connectivity index is 2.42. The lowest BCUT2D eigenvalue weighted by molar-refractivity contribution is -0.155. The molecule has 0 radical (unpaired) electrons. The number of Topliss-reactive ketones (excluding diaryl/α,β-unsaturated/α-hetero) is 1. The number of carbonyl (C=O) groups is 2. The van der Waals surface area contributed by atoms with E-state index in [1.165, 1.54) is 6.92 Å². The van der Waals surface area contributed by atoms with Crippen molar-refractivity contribution in [2.75, 3.05) is 19.6 Å². The number of ether oxygens (including phenoxy) is 2. The van der Waals surface area contributed by atoms with Crippen molar-refractivity contribution in [1.29, 1.82) is 0 Å². The zero-order valence-electron chi connectivity index (χ0n) is 18.7. The highest BCUT2D eigenvalue weighted by Gasteiger charge is 2.26. The molecule has 1 heterocycles. The minimum atomic E-state index is -3.41. The van der Waals surface area contributed by atoms with Gasteiger partial charge in [-0.05, 0) is 63.5 Å². The van der Waals surface area contributed by atoms with Crippen LogP contribution < -0.4 is 4.74 Å². The average Bonchev–Trinajstić information content (AvgIpc) is 2.96. The second-order valence-corrected chi connectivity index (χ2v) is 10.7. The van der Waals surface area contributed by atoms with Crippen molar-refractivity contribution in [1.82, 2.24) is 4.57 Å².